The van der Waals surface area contributed by atoms with Crippen molar-refractivity contribution in [1.82, 2.24) is 4.90 Å². The van der Waals surface area contributed by atoms with Gasteiger partial charge in [-0.3, -0.25) is 9.69 Å². The van der Waals surface area contributed by atoms with Gasteiger partial charge < -0.3 is 4.90 Å². The van der Waals surface area contributed by atoms with Crippen LogP contribution >= 0.6 is 23.5 Å². The van der Waals surface area contributed by atoms with E-state index in [0.717, 1.165) is 33.8 Å². The van der Waals surface area contributed by atoms with Gasteiger partial charge >= 0.3 is 0 Å². The lowest BCUT2D eigenvalue weighted by Crippen LogP contribution is -2.32. The molecule has 0 aromatic heterocycles. The van der Waals surface area contributed by atoms with Gasteiger partial charge in [-0.15, -0.1) is 0 Å². The lowest BCUT2D eigenvalue weighted by atomic mass is 10.1. The number of amidine groups is 1. The van der Waals surface area contributed by atoms with Gasteiger partial charge in [-0.05, 0) is 61.9 Å². The molecule has 2 aliphatic rings. The van der Waals surface area contributed by atoms with Crippen molar-refractivity contribution in [1.29, 1.82) is 0 Å². The third-order valence-corrected chi connectivity index (χ3v) is 8.09. The summed E-state index contributed by atoms with van der Waals surface area (Å²) in [5.41, 5.74) is 4.43. The summed E-state index contributed by atoms with van der Waals surface area (Å²) in [4.78, 5) is 24.6. The van der Waals surface area contributed by atoms with E-state index in [1.54, 1.807) is 11.8 Å². The quantitative estimate of drug-likeness (QED) is 0.393. The third-order valence-electron chi connectivity index (χ3n) is 5.71. The SMILES string of the molecule is CCN1C(=C2SC(=Nc3ccc(C)cc3)N(CCc3ccccc3)C2=O)Sc2ccccc21. The van der Waals surface area contributed by atoms with E-state index in [-0.39, 0.29) is 5.91 Å². The van der Waals surface area contributed by atoms with Gasteiger partial charge in [0.1, 0.15) is 9.93 Å². The van der Waals surface area contributed by atoms with Crippen LogP contribution in [0.25, 0.3) is 0 Å². The van der Waals surface area contributed by atoms with Gasteiger partial charge in [0.25, 0.3) is 5.91 Å². The van der Waals surface area contributed by atoms with Crippen LogP contribution in [0.2, 0.25) is 0 Å². The molecule has 0 spiro atoms. The van der Waals surface area contributed by atoms with Crippen LogP contribution in [0.3, 0.4) is 0 Å². The van der Waals surface area contributed by atoms with Crippen LogP contribution < -0.4 is 4.90 Å². The van der Waals surface area contributed by atoms with Crippen LogP contribution in [0.15, 0.2) is 98.7 Å². The minimum atomic E-state index is 0.0375. The van der Waals surface area contributed by atoms with Crippen LogP contribution in [0.5, 0.6) is 0 Å². The highest BCUT2D eigenvalue weighted by molar-refractivity contribution is 8.19. The molecule has 4 nitrogen and oxygen atoms in total. The monoisotopic (exact) mass is 471 g/mol. The van der Waals surface area contributed by atoms with Crippen molar-refractivity contribution in [2.75, 3.05) is 18.0 Å². The van der Waals surface area contributed by atoms with Gasteiger partial charge in [0.05, 0.1) is 11.4 Å². The Bertz CT molecular complexity index is 1240. The number of fused-ring (bicyclic) bond motifs is 1. The van der Waals surface area contributed by atoms with E-state index in [9.17, 15) is 4.79 Å². The Morgan fingerprint density at radius 1 is 0.848 bits per heavy atom. The Balaban J connectivity index is 1.51. The Morgan fingerprint density at radius 2 is 1.58 bits per heavy atom. The van der Waals surface area contributed by atoms with Crippen molar-refractivity contribution in [2.45, 2.75) is 25.2 Å². The number of aliphatic imine (C=N–C) groups is 1. The highest BCUT2D eigenvalue weighted by Crippen LogP contribution is 2.50. The van der Waals surface area contributed by atoms with Crippen LogP contribution in [0, 0.1) is 6.92 Å². The Hall–Kier alpha value is -2.96. The highest BCUT2D eigenvalue weighted by atomic mass is 32.2. The molecule has 5 rings (SSSR count). The van der Waals surface area contributed by atoms with E-state index in [4.69, 9.17) is 4.99 Å². The van der Waals surface area contributed by atoms with E-state index in [1.807, 2.05) is 41.3 Å². The molecule has 1 fully saturated rings. The second kappa shape index (κ2) is 9.49. The number of nitrogens with zero attached hydrogens (tertiary/aromatic N) is 3. The fourth-order valence-electron chi connectivity index (χ4n) is 3.95. The lowest BCUT2D eigenvalue weighted by molar-refractivity contribution is -0.122. The largest absolute Gasteiger partial charge is 0.334 e. The smallest absolute Gasteiger partial charge is 0.269 e. The zero-order valence-electron chi connectivity index (χ0n) is 18.7. The number of aryl methyl sites for hydroxylation is 1. The van der Waals surface area contributed by atoms with E-state index >= 15 is 0 Å². The molecule has 0 atom stereocenters. The van der Waals surface area contributed by atoms with Crippen molar-refractivity contribution in [3.8, 4) is 0 Å². The molecule has 33 heavy (non-hydrogen) atoms. The number of hydrogen-bond donors (Lipinski definition) is 0. The molecule has 2 heterocycles. The van der Waals surface area contributed by atoms with E-state index in [1.165, 1.54) is 33.5 Å². The number of thioether (sulfide) groups is 2. The zero-order chi connectivity index (χ0) is 22.8. The first-order chi connectivity index (χ1) is 16.1. The average molecular weight is 472 g/mol. The van der Waals surface area contributed by atoms with Crippen molar-refractivity contribution < 1.29 is 4.79 Å². The molecule has 0 radical (unpaired) electrons. The summed E-state index contributed by atoms with van der Waals surface area (Å²) in [6, 6.07) is 26.8. The predicted octanol–water partition coefficient (Wildman–Crippen LogP) is 6.60. The highest BCUT2D eigenvalue weighted by Gasteiger charge is 2.39. The Morgan fingerprint density at radius 3 is 2.33 bits per heavy atom. The summed E-state index contributed by atoms with van der Waals surface area (Å²) in [6.45, 7) is 5.60. The second-order valence-electron chi connectivity index (χ2n) is 7.97. The molecule has 0 unspecified atom stereocenters. The molecule has 0 N–H and O–H groups in total. The Labute approximate surface area is 203 Å². The van der Waals surface area contributed by atoms with Gasteiger partial charge in [-0.2, -0.15) is 0 Å². The van der Waals surface area contributed by atoms with Gasteiger partial charge in [0.15, 0.2) is 5.17 Å². The molecule has 1 amide bonds. The van der Waals surface area contributed by atoms with Gasteiger partial charge in [-0.1, -0.05) is 71.9 Å². The first-order valence-electron chi connectivity index (χ1n) is 11.1. The third kappa shape index (κ3) is 4.45. The topological polar surface area (TPSA) is 35.9 Å². The van der Waals surface area contributed by atoms with Crippen LogP contribution in [-0.2, 0) is 11.2 Å². The number of amides is 1. The summed E-state index contributed by atoms with van der Waals surface area (Å²) in [5, 5.41) is 1.75. The minimum Gasteiger partial charge on any atom is -0.334 e. The van der Waals surface area contributed by atoms with Gasteiger partial charge in [0.2, 0.25) is 0 Å². The average Bonchev–Trinajstić information content (AvgIpc) is 3.36. The molecule has 3 aromatic carbocycles. The fraction of sp³-hybridized carbons (Fsp3) is 0.185. The number of anilines is 1. The molecular weight excluding hydrogens is 446 g/mol. The van der Waals surface area contributed by atoms with Crippen molar-refractivity contribution >= 4 is 46.0 Å². The molecule has 6 heteroatoms. The number of hydrogen-bond acceptors (Lipinski definition) is 5. The van der Waals surface area contributed by atoms with Gasteiger partial charge in [-0.25, -0.2) is 4.99 Å². The molecule has 2 aliphatic heterocycles. The number of benzene rings is 3. The maximum Gasteiger partial charge on any atom is 0.269 e. The van der Waals surface area contributed by atoms with Gasteiger partial charge in [0, 0.05) is 18.0 Å². The molecule has 0 saturated carbocycles. The summed E-state index contributed by atoms with van der Waals surface area (Å²) in [7, 11) is 0. The zero-order valence-corrected chi connectivity index (χ0v) is 20.3. The summed E-state index contributed by atoms with van der Waals surface area (Å²) in [6.07, 6.45) is 0.785. The van der Waals surface area contributed by atoms with E-state index in [0.29, 0.717) is 6.54 Å². The molecule has 0 bridgehead atoms. The van der Waals surface area contributed by atoms with E-state index in [2.05, 4.69) is 61.2 Å². The molecule has 0 aliphatic carbocycles. The predicted molar refractivity (Wildman–Crippen MR) is 140 cm³/mol. The fourth-order valence-corrected chi connectivity index (χ4v) is 6.37. The minimum absolute atomic E-state index is 0.0375. The Kier molecular flexibility index (Phi) is 6.29. The first-order valence-corrected chi connectivity index (χ1v) is 12.7. The van der Waals surface area contributed by atoms with Crippen molar-refractivity contribution in [3.63, 3.8) is 0 Å². The maximum absolute atomic E-state index is 13.7. The van der Waals surface area contributed by atoms with Crippen LogP contribution in [0.1, 0.15) is 18.1 Å². The van der Waals surface area contributed by atoms with Crippen LogP contribution in [0.4, 0.5) is 11.4 Å². The number of carbonyl (C=O) groups is 1. The standard InChI is InChI=1S/C27H25N3OS2/c1-3-29-22-11-7-8-12-23(22)32-26(29)24-25(31)30(18-17-20-9-5-4-6-10-20)27(33-24)28-21-15-13-19(2)14-16-21/h4-16H,3,17-18H2,1-2H3. The molecule has 166 valence electrons. The van der Waals surface area contributed by atoms with Crippen molar-refractivity contribution in [2.24, 2.45) is 4.99 Å². The maximum atomic E-state index is 13.7. The summed E-state index contributed by atoms with van der Waals surface area (Å²) in [5.74, 6) is 0.0375. The number of carbonyl (C=O) groups excluding carboxylic acids is 1. The van der Waals surface area contributed by atoms with Crippen molar-refractivity contribution in [3.05, 3.63) is 99.9 Å². The molecular formula is C27H25N3OS2. The van der Waals surface area contributed by atoms with Crippen LogP contribution in [-0.4, -0.2) is 29.1 Å². The second-order valence-corrected chi connectivity index (χ2v) is 9.98. The lowest BCUT2D eigenvalue weighted by Gasteiger charge is -2.19. The summed E-state index contributed by atoms with van der Waals surface area (Å²) < 4.78 is 0. The first kappa shape index (κ1) is 21.9. The number of rotatable bonds is 5. The van der Waals surface area contributed by atoms with E-state index < -0.39 is 0 Å². The normalized spacial score (nSPS) is 19.0. The summed E-state index contributed by atoms with van der Waals surface area (Å²) >= 11 is 3.17. The molecule has 3 aromatic rings. The molecule has 1 saturated heterocycles. The number of para-hydroxylation sites is 1.